The number of carboxylic acids is 1. The molecular formula is C12H13BrClNO2. The van der Waals surface area contributed by atoms with E-state index in [9.17, 15) is 4.79 Å². The summed E-state index contributed by atoms with van der Waals surface area (Å²) < 4.78 is 0.942. The Labute approximate surface area is 113 Å². The summed E-state index contributed by atoms with van der Waals surface area (Å²) in [7, 11) is 0. The van der Waals surface area contributed by atoms with E-state index in [-0.39, 0.29) is 5.92 Å². The fourth-order valence-corrected chi connectivity index (χ4v) is 2.38. The molecule has 0 aromatic heterocycles. The average Bonchev–Trinajstić information content (AvgIpc) is 3.07. The molecule has 0 saturated heterocycles. The Morgan fingerprint density at radius 2 is 2.29 bits per heavy atom. The summed E-state index contributed by atoms with van der Waals surface area (Å²) in [4.78, 5) is 11.0. The number of aliphatic carboxylic acids is 1. The molecule has 0 bridgehead atoms. The third-order valence-electron chi connectivity index (χ3n) is 2.88. The molecule has 0 heterocycles. The predicted octanol–water partition coefficient (Wildman–Crippen LogP) is 3.06. The van der Waals surface area contributed by atoms with Crippen LogP contribution in [0.25, 0.3) is 0 Å². The monoisotopic (exact) mass is 317 g/mol. The minimum atomic E-state index is -0.779. The van der Waals surface area contributed by atoms with Crippen molar-refractivity contribution >= 4 is 33.5 Å². The summed E-state index contributed by atoms with van der Waals surface area (Å²) in [5.74, 6) is -0.503. The van der Waals surface area contributed by atoms with E-state index in [0.29, 0.717) is 11.6 Å². The van der Waals surface area contributed by atoms with Crippen molar-refractivity contribution in [3.8, 4) is 0 Å². The zero-order valence-electron chi connectivity index (χ0n) is 9.12. The lowest BCUT2D eigenvalue weighted by molar-refractivity contribution is -0.140. The Hall–Kier alpha value is -0.580. The molecule has 2 N–H and O–H groups in total. The normalized spacial score (nSPS) is 16.8. The van der Waals surface area contributed by atoms with E-state index in [1.165, 1.54) is 0 Å². The summed E-state index contributed by atoms with van der Waals surface area (Å²) in [6, 6.07) is 5.11. The highest BCUT2D eigenvalue weighted by Crippen LogP contribution is 2.33. The summed E-state index contributed by atoms with van der Waals surface area (Å²) in [5, 5.41) is 12.8. The van der Waals surface area contributed by atoms with Crippen LogP contribution in [-0.4, -0.2) is 17.1 Å². The van der Waals surface area contributed by atoms with Crippen LogP contribution in [0.15, 0.2) is 22.7 Å². The molecule has 2 rings (SSSR count). The van der Waals surface area contributed by atoms with Crippen LogP contribution in [0.4, 0.5) is 0 Å². The number of halogens is 2. The first-order valence-electron chi connectivity index (χ1n) is 5.48. The van der Waals surface area contributed by atoms with Gasteiger partial charge in [-0.1, -0.05) is 27.5 Å². The van der Waals surface area contributed by atoms with Crippen LogP contribution >= 0.6 is 27.5 Å². The van der Waals surface area contributed by atoms with E-state index >= 15 is 0 Å². The topological polar surface area (TPSA) is 49.3 Å². The Morgan fingerprint density at radius 1 is 1.59 bits per heavy atom. The molecule has 3 nitrogen and oxygen atoms in total. The number of nitrogens with one attached hydrogen (secondary N) is 1. The summed E-state index contributed by atoms with van der Waals surface area (Å²) in [6.45, 7) is 0.478. The Balaban J connectivity index is 2.00. The van der Waals surface area contributed by atoms with Gasteiger partial charge in [0, 0.05) is 16.0 Å². The number of benzene rings is 1. The van der Waals surface area contributed by atoms with Gasteiger partial charge in [0.2, 0.25) is 0 Å². The van der Waals surface area contributed by atoms with E-state index in [4.69, 9.17) is 16.7 Å². The molecule has 92 valence electrons. The van der Waals surface area contributed by atoms with Crippen molar-refractivity contribution in [3.05, 3.63) is 33.3 Å². The quantitative estimate of drug-likeness (QED) is 0.877. The van der Waals surface area contributed by atoms with Gasteiger partial charge in [-0.2, -0.15) is 0 Å². The first-order valence-corrected chi connectivity index (χ1v) is 6.65. The fraction of sp³-hybridized carbons (Fsp3) is 0.417. The van der Waals surface area contributed by atoms with Gasteiger partial charge in [-0.25, -0.2) is 0 Å². The van der Waals surface area contributed by atoms with E-state index in [1.807, 2.05) is 12.1 Å². The second-order valence-corrected chi connectivity index (χ2v) is 5.59. The molecule has 1 aromatic carbocycles. The van der Waals surface area contributed by atoms with E-state index in [2.05, 4.69) is 21.2 Å². The van der Waals surface area contributed by atoms with Crippen LogP contribution in [-0.2, 0) is 11.3 Å². The van der Waals surface area contributed by atoms with Crippen molar-refractivity contribution < 1.29 is 9.90 Å². The van der Waals surface area contributed by atoms with Crippen LogP contribution < -0.4 is 5.32 Å². The molecule has 1 atom stereocenters. The zero-order chi connectivity index (χ0) is 12.4. The minimum Gasteiger partial charge on any atom is -0.480 e. The first kappa shape index (κ1) is 12.9. The van der Waals surface area contributed by atoms with Crippen molar-refractivity contribution in [2.45, 2.75) is 25.4 Å². The summed E-state index contributed by atoms with van der Waals surface area (Å²) in [5.41, 5.74) is 0.910. The van der Waals surface area contributed by atoms with Gasteiger partial charge in [0.05, 0.1) is 0 Å². The molecule has 0 aliphatic heterocycles. The number of carboxylic acid groups (broad SMARTS) is 1. The van der Waals surface area contributed by atoms with Gasteiger partial charge in [0.15, 0.2) is 0 Å². The van der Waals surface area contributed by atoms with Gasteiger partial charge in [0.1, 0.15) is 6.04 Å². The maximum Gasteiger partial charge on any atom is 0.320 e. The number of hydrogen-bond donors (Lipinski definition) is 2. The van der Waals surface area contributed by atoms with E-state index in [0.717, 1.165) is 22.9 Å². The fourth-order valence-electron chi connectivity index (χ4n) is 1.78. The maximum atomic E-state index is 11.0. The minimum absolute atomic E-state index is 0.276. The van der Waals surface area contributed by atoms with E-state index < -0.39 is 12.0 Å². The van der Waals surface area contributed by atoms with Gasteiger partial charge >= 0.3 is 5.97 Å². The molecule has 1 unspecified atom stereocenters. The second kappa shape index (κ2) is 5.38. The van der Waals surface area contributed by atoms with Crippen molar-refractivity contribution in [2.75, 3.05) is 0 Å². The molecule has 1 aliphatic carbocycles. The molecule has 1 aromatic rings. The molecule has 0 spiro atoms. The Kier molecular flexibility index (Phi) is 4.07. The van der Waals surface area contributed by atoms with Crippen molar-refractivity contribution in [1.82, 2.24) is 5.32 Å². The lowest BCUT2D eigenvalue weighted by Crippen LogP contribution is -2.38. The lowest BCUT2D eigenvalue weighted by atomic mass is 10.1. The zero-order valence-corrected chi connectivity index (χ0v) is 11.5. The van der Waals surface area contributed by atoms with Gasteiger partial charge in [-0.3, -0.25) is 4.79 Å². The molecule has 1 fully saturated rings. The molecule has 1 saturated carbocycles. The van der Waals surface area contributed by atoms with Crippen LogP contribution in [0.3, 0.4) is 0 Å². The molecule has 0 radical (unpaired) electrons. The highest BCUT2D eigenvalue weighted by atomic mass is 79.9. The summed E-state index contributed by atoms with van der Waals surface area (Å²) >= 11 is 9.42. The highest BCUT2D eigenvalue weighted by Gasteiger charge is 2.35. The Morgan fingerprint density at radius 3 is 2.88 bits per heavy atom. The maximum absolute atomic E-state index is 11.0. The largest absolute Gasteiger partial charge is 0.480 e. The number of hydrogen-bond acceptors (Lipinski definition) is 2. The third-order valence-corrected chi connectivity index (χ3v) is 3.74. The smallest absolute Gasteiger partial charge is 0.320 e. The van der Waals surface area contributed by atoms with Crippen LogP contribution in [0.1, 0.15) is 18.4 Å². The Bertz CT molecular complexity index is 435. The molecule has 0 amide bonds. The standard InChI is InChI=1S/C12H13BrClNO2/c13-9-3-4-10(14)8(5-9)6-15-11(12(16)17)7-1-2-7/h3-5,7,11,15H,1-2,6H2,(H,16,17). The van der Waals surface area contributed by atoms with Gasteiger partial charge in [0.25, 0.3) is 0 Å². The van der Waals surface area contributed by atoms with Crippen molar-refractivity contribution in [1.29, 1.82) is 0 Å². The molecular weight excluding hydrogens is 305 g/mol. The van der Waals surface area contributed by atoms with E-state index in [1.54, 1.807) is 6.07 Å². The number of carbonyl (C=O) groups is 1. The van der Waals surface area contributed by atoms with Gasteiger partial charge in [-0.15, -0.1) is 0 Å². The lowest BCUT2D eigenvalue weighted by Gasteiger charge is -2.14. The van der Waals surface area contributed by atoms with Gasteiger partial charge in [-0.05, 0) is 42.5 Å². The van der Waals surface area contributed by atoms with Crippen LogP contribution in [0.2, 0.25) is 5.02 Å². The van der Waals surface area contributed by atoms with Crippen LogP contribution in [0.5, 0.6) is 0 Å². The van der Waals surface area contributed by atoms with Crippen molar-refractivity contribution in [2.24, 2.45) is 5.92 Å². The predicted molar refractivity (Wildman–Crippen MR) is 70.1 cm³/mol. The second-order valence-electron chi connectivity index (χ2n) is 4.27. The van der Waals surface area contributed by atoms with Crippen LogP contribution in [0, 0.1) is 5.92 Å². The highest BCUT2D eigenvalue weighted by molar-refractivity contribution is 9.10. The molecule has 1 aliphatic rings. The SMILES string of the molecule is O=C(O)C(NCc1cc(Br)ccc1Cl)C1CC1. The molecule has 5 heteroatoms. The first-order chi connectivity index (χ1) is 8.08. The molecule has 17 heavy (non-hydrogen) atoms. The van der Waals surface area contributed by atoms with Crippen molar-refractivity contribution in [3.63, 3.8) is 0 Å². The summed E-state index contributed by atoms with van der Waals surface area (Å²) in [6.07, 6.45) is 1.99. The van der Waals surface area contributed by atoms with Gasteiger partial charge < -0.3 is 10.4 Å². The average molecular weight is 319 g/mol. The third kappa shape index (κ3) is 3.44. The number of rotatable bonds is 5.